The summed E-state index contributed by atoms with van der Waals surface area (Å²) < 4.78 is 0. The van der Waals surface area contributed by atoms with E-state index in [4.69, 9.17) is 0 Å². The molecule has 54 valence electrons. The zero-order valence-corrected chi connectivity index (χ0v) is 7.82. The van der Waals surface area contributed by atoms with Crippen LogP contribution in [0.25, 0.3) is 0 Å². The van der Waals surface area contributed by atoms with Gasteiger partial charge in [0.05, 0.1) is 0 Å². The van der Waals surface area contributed by atoms with Crippen molar-refractivity contribution in [2.24, 2.45) is 11.8 Å². The molecule has 0 rings (SSSR count). The molecule has 1 atom stereocenters. The lowest BCUT2D eigenvalue weighted by molar-refractivity contribution is 0.510. The summed E-state index contributed by atoms with van der Waals surface area (Å²) in [5.41, 5.74) is 0. The lowest BCUT2D eigenvalue weighted by Gasteiger charge is -2.10. The Hall–Kier alpha value is 0.220. The van der Waals surface area contributed by atoms with Crippen LogP contribution in [0.3, 0.4) is 0 Å². The van der Waals surface area contributed by atoms with E-state index in [9.17, 15) is 0 Å². The highest BCUT2D eigenvalue weighted by molar-refractivity contribution is 9.09. The summed E-state index contributed by atoms with van der Waals surface area (Å²) in [6, 6.07) is 0. The lowest BCUT2D eigenvalue weighted by atomic mass is 9.99. The van der Waals surface area contributed by atoms with E-state index in [1.807, 2.05) is 6.08 Å². The number of halogens is 1. The second-order valence-electron chi connectivity index (χ2n) is 2.78. The van der Waals surface area contributed by atoms with Crippen molar-refractivity contribution in [2.75, 3.05) is 5.33 Å². The fraction of sp³-hybridized carbons (Fsp3) is 0.750. The maximum atomic E-state index is 3.75. The van der Waals surface area contributed by atoms with Gasteiger partial charge in [0, 0.05) is 5.33 Å². The number of allylic oxidation sites excluding steroid dienone is 1. The molecule has 0 aromatic heterocycles. The van der Waals surface area contributed by atoms with Gasteiger partial charge in [-0.3, -0.25) is 0 Å². The molecular formula is C8H15Br. The molecule has 0 aromatic carbocycles. The zero-order valence-electron chi connectivity index (χ0n) is 6.23. The molecule has 0 aromatic rings. The van der Waals surface area contributed by atoms with Gasteiger partial charge in [-0.25, -0.2) is 0 Å². The summed E-state index contributed by atoms with van der Waals surface area (Å²) in [5, 5.41) is 1.05. The predicted octanol–water partition coefficient (Wildman–Crippen LogP) is 3.23. The highest BCUT2D eigenvalue weighted by Gasteiger charge is 2.03. The molecule has 0 heterocycles. The third-order valence-corrected chi connectivity index (χ3v) is 2.14. The van der Waals surface area contributed by atoms with Crippen molar-refractivity contribution in [3.63, 3.8) is 0 Å². The van der Waals surface area contributed by atoms with Crippen molar-refractivity contribution in [3.05, 3.63) is 12.7 Å². The minimum Gasteiger partial charge on any atom is -0.103 e. The van der Waals surface area contributed by atoms with Crippen LogP contribution in [0.1, 0.15) is 20.3 Å². The standard InChI is InChI=1S/C8H15Br/c1-4-8(6-9)5-7(2)3/h4,7-8H,1,5-6H2,2-3H3/t8-/m0/s1. The van der Waals surface area contributed by atoms with Crippen molar-refractivity contribution >= 4 is 15.9 Å². The first-order valence-electron chi connectivity index (χ1n) is 3.39. The van der Waals surface area contributed by atoms with Gasteiger partial charge in [-0.1, -0.05) is 35.9 Å². The van der Waals surface area contributed by atoms with Crippen LogP contribution in [-0.2, 0) is 0 Å². The molecule has 0 fully saturated rings. The SMILES string of the molecule is C=C[C@H](CBr)CC(C)C. The van der Waals surface area contributed by atoms with Crippen molar-refractivity contribution < 1.29 is 0 Å². The smallest absolute Gasteiger partial charge is 0.00943 e. The van der Waals surface area contributed by atoms with Gasteiger partial charge in [0.25, 0.3) is 0 Å². The van der Waals surface area contributed by atoms with Crippen molar-refractivity contribution in [1.82, 2.24) is 0 Å². The maximum Gasteiger partial charge on any atom is 0.00943 e. The molecule has 0 saturated carbocycles. The summed E-state index contributed by atoms with van der Waals surface area (Å²) >= 11 is 3.43. The second kappa shape index (κ2) is 5.04. The summed E-state index contributed by atoms with van der Waals surface area (Å²) in [6.07, 6.45) is 3.27. The van der Waals surface area contributed by atoms with E-state index in [1.54, 1.807) is 0 Å². The molecule has 0 unspecified atom stereocenters. The largest absolute Gasteiger partial charge is 0.103 e. The van der Waals surface area contributed by atoms with Gasteiger partial charge in [-0.15, -0.1) is 6.58 Å². The maximum absolute atomic E-state index is 3.75. The van der Waals surface area contributed by atoms with E-state index in [2.05, 4.69) is 36.4 Å². The van der Waals surface area contributed by atoms with Gasteiger partial charge in [-0.2, -0.15) is 0 Å². The Morgan fingerprint density at radius 2 is 2.11 bits per heavy atom. The van der Waals surface area contributed by atoms with Crippen LogP contribution in [0.4, 0.5) is 0 Å². The lowest BCUT2D eigenvalue weighted by Crippen LogP contribution is -2.01. The normalized spacial score (nSPS) is 13.8. The first-order valence-corrected chi connectivity index (χ1v) is 4.51. The molecule has 0 saturated heterocycles. The number of rotatable bonds is 4. The third kappa shape index (κ3) is 4.71. The van der Waals surface area contributed by atoms with Crippen molar-refractivity contribution in [1.29, 1.82) is 0 Å². The van der Waals surface area contributed by atoms with Crippen molar-refractivity contribution in [3.8, 4) is 0 Å². The molecular weight excluding hydrogens is 176 g/mol. The van der Waals surface area contributed by atoms with Crippen LogP contribution >= 0.6 is 15.9 Å². The number of hydrogen-bond acceptors (Lipinski definition) is 0. The fourth-order valence-corrected chi connectivity index (χ4v) is 1.36. The molecule has 0 N–H and O–H groups in total. The van der Waals surface area contributed by atoms with E-state index >= 15 is 0 Å². The fourth-order valence-electron chi connectivity index (χ4n) is 0.828. The molecule has 0 nitrogen and oxygen atoms in total. The van der Waals surface area contributed by atoms with Gasteiger partial charge in [-0.05, 0) is 18.3 Å². The number of hydrogen-bond donors (Lipinski definition) is 0. The molecule has 0 bridgehead atoms. The molecule has 0 aliphatic carbocycles. The average molecular weight is 191 g/mol. The van der Waals surface area contributed by atoms with Crippen molar-refractivity contribution in [2.45, 2.75) is 20.3 Å². The summed E-state index contributed by atoms with van der Waals surface area (Å²) in [7, 11) is 0. The van der Waals surface area contributed by atoms with Crippen LogP contribution in [0, 0.1) is 11.8 Å². The molecule has 0 aliphatic heterocycles. The first kappa shape index (κ1) is 9.22. The molecule has 0 spiro atoms. The summed E-state index contributed by atoms with van der Waals surface area (Å²) in [4.78, 5) is 0. The summed E-state index contributed by atoms with van der Waals surface area (Å²) in [5.74, 6) is 1.44. The second-order valence-corrected chi connectivity index (χ2v) is 3.43. The Kier molecular flexibility index (Phi) is 5.16. The number of alkyl halides is 1. The Labute approximate surface area is 66.5 Å². The molecule has 9 heavy (non-hydrogen) atoms. The van der Waals surface area contributed by atoms with Crippen LogP contribution < -0.4 is 0 Å². The van der Waals surface area contributed by atoms with Gasteiger partial charge in [0.15, 0.2) is 0 Å². The summed E-state index contributed by atoms with van der Waals surface area (Å²) in [6.45, 7) is 8.23. The van der Waals surface area contributed by atoms with E-state index in [-0.39, 0.29) is 0 Å². The van der Waals surface area contributed by atoms with Crippen LogP contribution in [0.15, 0.2) is 12.7 Å². The molecule has 0 radical (unpaired) electrons. The molecule has 0 aliphatic rings. The average Bonchev–Trinajstić information content (AvgIpc) is 1.82. The quantitative estimate of drug-likeness (QED) is 0.472. The monoisotopic (exact) mass is 190 g/mol. The first-order chi connectivity index (χ1) is 4.20. The van der Waals surface area contributed by atoms with E-state index < -0.39 is 0 Å². The van der Waals surface area contributed by atoms with Crippen LogP contribution in [0.2, 0.25) is 0 Å². The Morgan fingerprint density at radius 3 is 2.22 bits per heavy atom. The minimum absolute atomic E-state index is 0.657. The predicted molar refractivity (Wildman–Crippen MR) is 46.9 cm³/mol. The highest BCUT2D eigenvalue weighted by atomic mass is 79.9. The van der Waals surface area contributed by atoms with Gasteiger partial charge in [0.2, 0.25) is 0 Å². The highest BCUT2D eigenvalue weighted by Crippen LogP contribution is 2.14. The Balaban J connectivity index is 3.42. The third-order valence-electron chi connectivity index (χ3n) is 1.31. The Bertz CT molecular complexity index is 76.6. The van der Waals surface area contributed by atoms with E-state index in [0.29, 0.717) is 5.92 Å². The zero-order chi connectivity index (χ0) is 7.28. The van der Waals surface area contributed by atoms with Crippen LogP contribution in [-0.4, -0.2) is 5.33 Å². The Morgan fingerprint density at radius 1 is 1.56 bits per heavy atom. The van der Waals surface area contributed by atoms with Gasteiger partial charge >= 0.3 is 0 Å². The molecule has 0 amide bonds. The van der Waals surface area contributed by atoms with Gasteiger partial charge < -0.3 is 0 Å². The van der Waals surface area contributed by atoms with Crippen LogP contribution in [0.5, 0.6) is 0 Å². The minimum atomic E-state index is 0.657. The topological polar surface area (TPSA) is 0 Å². The van der Waals surface area contributed by atoms with Gasteiger partial charge in [0.1, 0.15) is 0 Å². The van der Waals surface area contributed by atoms with E-state index in [0.717, 1.165) is 11.2 Å². The molecule has 1 heteroatoms. The van der Waals surface area contributed by atoms with E-state index in [1.165, 1.54) is 6.42 Å².